The summed E-state index contributed by atoms with van der Waals surface area (Å²) >= 11 is 0. The highest BCUT2D eigenvalue weighted by Crippen LogP contribution is 2.35. The van der Waals surface area contributed by atoms with E-state index in [0.717, 1.165) is 25.2 Å². The summed E-state index contributed by atoms with van der Waals surface area (Å²) < 4.78 is 5.19. The van der Waals surface area contributed by atoms with Gasteiger partial charge in [-0.3, -0.25) is 4.79 Å². The van der Waals surface area contributed by atoms with Crippen molar-refractivity contribution in [2.45, 2.75) is 20.3 Å². The van der Waals surface area contributed by atoms with Gasteiger partial charge in [0.25, 0.3) is 0 Å². The lowest BCUT2D eigenvalue weighted by atomic mass is 9.75. The molecule has 2 rings (SSSR count). The van der Waals surface area contributed by atoms with Crippen LogP contribution in [0.5, 0.6) is 5.75 Å². The Morgan fingerprint density at radius 1 is 1.48 bits per heavy atom. The Labute approximate surface area is 125 Å². The molecule has 2 N–H and O–H groups in total. The second-order valence-corrected chi connectivity index (χ2v) is 5.66. The third-order valence-corrected chi connectivity index (χ3v) is 4.16. The van der Waals surface area contributed by atoms with Crippen LogP contribution in [0.1, 0.15) is 20.3 Å². The fourth-order valence-corrected chi connectivity index (χ4v) is 2.67. The fourth-order valence-electron chi connectivity index (χ4n) is 2.67. The molecule has 1 heterocycles. The lowest BCUT2D eigenvalue weighted by Crippen LogP contribution is -2.42. The number of anilines is 1. The van der Waals surface area contributed by atoms with Gasteiger partial charge in [0.05, 0.1) is 5.41 Å². The van der Waals surface area contributed by atoms with Crippen LogP contribution in [0.15, 0.2) is 24.3 Å². The standard InChI is InChI=1S/C16H21N3O2/c1-12(2)16(7-9-18-11-16)15(20)19-13-3-5-14(6-4-13)21-10-8-17/h3-6,12,18H,7,9-11H2,1-2H3,(H,19,20). The zero-order valence-electron chi connectivity index (χ0n) is 12.5. The minimum atomic E-state index is -0.337. The molecule has 0 aromatic heterocycles. The average molecular weight is 287 g/mol. The van der Waals surface area contributed by atoms with Crippen molar-refractivity contribution in [1.82, 2.24) is 5.32 Å². The van der Waals surface area contributed by atoms with Gasteiger partial charge in [-0.1, -0.05) is 13.8 Å². The van der Waals surface area contributed by atoms with E-state index in [4.69, 9.17) is 10.00 Å². The number of nitrogens with zero attached hydrogens (tertiary/aromatic N) is 1. The van der Waals surface area contributed by atoms with E-state index in [1.807, 2.05) is 6.07 Å². The van der Waals surface area contributed by atoms with Gasteiger partial charge in [-0.2, -0.15) is 5.26 Å². The largest absolute Gasteiger partial charge is 0.479 e. The third kappa shape index (κ3) is 3.34. The number of nitrogens with one attached hydrogen (secondary N) is 2. The topological polar surface area (TPSA) is 74.1 Å². The molecule has 1 atom stereocenters. The summed E-state index contributed by atoms with van der Waals surface area (Å²) in [6.45, 7) is 5.80. The summed E-state index contributed by atoms with van der Waals surface area (Å²) in [6.07, 6.45) is 0.861. The van der Waals surface area contributed by atoms with Crippen LogP contribution in [0.2, 0.25) is 0 Å². The third-order valence-electron chi connectivity index (χ3n) is 4.16. The molecule has 0 bridgehead atoms. The van der Waals surface area contributed by atoms with Crippen LogP contribution < -0.4 is 15.4 Å². The highest BCUT2D eigenvalue weighted by Gasteiger charge is 2.43. The highest BCUT2D eigenvalue weighted by atomic mass is 16.5. The smallest absolute Gasteiger partial charge is 0.232 e. The molecular formula is C16H21N3O2. The monoisotopic (exact) mass is 287 g/mol. The molecule has 5 heteroatoms. The molecule has 1 saturated heterocycles. The molecular weight excluding hydrogens is 266 g/mol. The SMILES string of the molecule is CC(C)C1(C(=O)Nc2ccc(OCC#N)cc2)CCNC1. The van der Waals surface area contributed by atoms with Crippen LogP contribution in [0.4, 0.5) is 5.69 Å². The highest BCUT2D eigenvalue weighted by molar-refractivity contribution is 5.96. The Hall–Kier alpha value is -2.06. The Kier molecular flexibility index (Phi) is 4.81. The summed E-state index contributed by atoms with van der Waals surface area (Å²) in [4.78, 5) is 12.6. The molecule has 0 spiro atoms. The van der Waals surface area contributed by atoms with Crippen molar-refractivity contribution in [1.29, 1.82) is 5.26 Å². The summed E-state index contributed by atoms with van der Waals surface area (Å²) in [7, 11) is 0. The van der Waals surface area contributed by atoms with Crippen LogP contribution in [0.3, 0.4) is 0 Å². The number of amides is 1. The van der Waals surface area contributed by atoms with E-state index >= 15 is 0 Å². The van der Waals surface area contributed by atoms with Gasteiger partial charge < -0.3 is 15.4 Å². The van der Waals surface area contributed by atoms with Gasteiger partial charge in [-0.05, 0) is 43.1 Å². The zero-order valence-corrected chi connectivity index (χ0v) is 12.5. The van der Waals surface area contributed by atoms with Crippen molar-refractivity contribution in [3.63, 3.8) is 0 Å². The second kappa shape index (κ2) is 6.59. The van der Waals surface area contributed by atoms with Gasteiger partial charge in [0, 0.05) is 12.2 Å². The lowest BCUT2D eigenvalue weighted by molar-refractivity contribution is -0.126. The van der Waals surface area contributed by atoms with E-state index in [9.17, 15) is 4.79 Å². The fraction of sp³-hybridized carbons (Fsp3) is 0.500. The Morgan fingerprint density at radius 2 is 2.19 bits per heavy atom. The van der Waals surface area contributed by atoms with Crippen molar-refractivity contribution < 1.29 is 9.53 Å². The normalized spacial score (nSPS) is 21.0. The molecule has 5 nitrogen and oxygen atoms in total. The maximum Gasteiger partial charge on any atom is 0.232 e. The molecule has 1 fully saturated rings. The van der Waals surface area contributed by atoms with Gasteiger partial charge in [0.1, 0.15) is 11.8 Å². The first-order valence-electron chi connectivity index (χ1n) is 7.20. The number of rotatable bonds is 5. The number of benzene rings is 1. The summed E-state index contributed by atoms with van der Waals surface area (Å²) in [5, 5.41) is 14.7. The van der Waals surface area contributed by atoms with E-state index in [0.29, 0.717) is 5.75 Å². The molecule has 0 aliphatic carbocycles. The number of hydrogen-bond donors (Lipinski definition) is 2. The zero-order chi connectivity index (χ0) is 15.3. The maximum absolute atomic E-state index is 12.6. The Bertz CT molecular complexity index is 525. The molecule has 21 heavy (non-hydrogen) atoms. The number of carbonyl (C=O) groups excluding carboxylic acids is 1. The Morgan fingerprint density at radius 3 is 2.71 bits per heavy atom. The molecule has 1 aromatic carbocycles. The second-order valence-electron chi connectivity index (χ2n) is 5.66. The molecule has 1 amide bonds. The number of nitriles is 1. The van der Waals surface area contributed by atoms with Crippen molar-refractivity contribution in [3.8, 4) is 11.8 Å². The predicted molar refractivity (Wildman–Crippen MR) is 80.9 cm³/mol. The first-order chi connectivity index (χ1) is 10.1. The van der Waals surface area contributed by atoms with E-state index in [1.54, 1.807) is 24.3 Å². The van der Waals surface area contributed by atoms with Crippen molar-refractivity contribution in [2.75, 3.05) is 25.0 Å². The van der Waals surface area contributed by atoms with Gasteiger partial charge in [-0.15, -0.1) is 0 Å². The summed E-state index contributed by atoms with van der Waals surface area (Å²) in [5.74, 6) is 0.967. The van der Waals surface area contributed by atoms with Crippen LogP contribution in [-0.2, 0) is 4.79 Å². The van der Waals surface area contributed by atoms with Gasteiger partial charge in [0.2, 0.25) is 5.91 Å². The lowest BCUT2D eigenvalue weighted by Gasteiger charge is -2.31. The Balaban J connectivity index is 2.04. The molecule has 1 unspecified atom stereocenters. The number of hydrogen-bond acceptors (Lipinski definition) is 4. The molecule has 1 aliphatic rings. The summed E-state index contributed by atoms with van der Waals surface area (Å²) in [6, 6.07) is 9.01. The van der Waals surface area contributed by atoms with Crippen LogP contribution in [0.25, 0.3) is 0 Å². The van der Waals surface area contributed by atoms with E-state index in [2.05, 4.69) is 24.5 Å². The summed E-state index contributed by atoms with van der Waals surface area (Å²) in [5.41, 5.74) is 0.409. The first-order valence-corrected chi connectivity index (χ1v) is 7.20. The number of carbonyl (C=O) groups is 1. The van der Waals surface area contributed by atoms with Crippen molar-refractivity contribution >= 4 is 11.6 Å². The molecule has 0 radical (unpaired) electrons. The van der Waals surface area contributed by atoms with Gasteiger partial charge >= 0.3 is 0 Å². The molecule has 0 saturated carbocycles. The minimum Gasteiger partial charge on any atom is -0.479 e. The first kappa shape index (κ1) is 15.3. The molecule has 1 aromatic rings. The van der Waals surface area contributed by atoms with E-state index in [1.165, 1.54) is 0 Å². The van der Waals surface area contributed by atoms with Crippen LogP contribution >= 0.6 is 0 Å². The molecule has 1 aliphatic heterocycles. The van der Waals surface area contributed by atoms with Crippen LogP contribution in [-0.4, -0.2) is 25.6 Å². The number of ether oxygens (including phenoxy) is 1. The average Bonchev–Trinajstić information content (AvgIpc) is 2.97. The van der Waals surface area contributed by atoms with Gasteiger partial charge in [0.15, 0.2) is 6.61 Å². The van der Waals surface area contributed by atoms with E-state index in [-0.39, 0.29) is 23.8 Å². The van der Waals surface area contributed by atoms with Crippen molar-refractivity contribution in [2.24, 2.45) is 11.3 Å². The minimum absolute atomic E-state index is 0.0217. The quantitative estimate of drug-likeness (QED) is 0.870. The molecule has 112 valence electrons. The van der Waals surface area contributed by atoms with Crippen LogP contribution in [0, 0.1) is 22.7 Å². The van der Waals surface area contributed by atoms with Gasteiger partial charge in [-0.25, -0.2) is 0 Å². The maximum atomic E-state index is 12.6. The predicted octanol–water partition coefficient (Wildman–Crippen LogP) is 2.16. The van der Waals surface area contributed by atoms with Crippen molar-refractivity contribution in [3.05, 3.63) is 24.3 Å². The van der Waals surface area contributed by atoms with E-state index < -0.39 is 0 Å².